The van der Waals surface area contributed by atoms with Gasteiger partial charge in [0.25, 0.3) is 11.5 Å². The van der Waals surface area contributed by atoms with E-state index in [0.717, 1.165) is 16.7 Å². The van der Waals surface area contributed by atoms with Crippen LogP contribution in [-0.2, 0) is 13.1 Å². The number of nitrogen functional groups attached to an aromatic ring is 1. The summed E-state index contributed by atoms with van der Waals surface area (Å²) in [7, 11) is 0. The number of halogens is 3. The summed E-state index contributed by atoms with van der Waals surface area (Å²) in [6, 6.07) is 16.9. The first-order chi connectivity index (χ1) is 17.6. The van der Waals surface area contributed by atoms with Gasteiger partial charge in [0.15, 0.2) is 0 Å². The number of nitrogens with two attached hydrogens (primary N) is 1. The average Bonchev–Trinajstić information content (AvgIpc) is 2.85. The monoisotopic (exact) mass is 511 g/mol. The van der Waals surface area contributed by atoms with Gasteiger partial charge in [-0.05, 0) is 29.3 Å². The van der Waals surface area contributed by atoms with Gasteiger partial charge >= 0.3 is 12.1 Å². The lowest BCUT2D eigenvalue weighted by molar-refractivity contribution is -0.274. The third-order valence-electron chi connectivity index (χ3n) is 5.30. The van der Waals surface area contributed by atoms with E-state index < -0.39 is 29.3 Å². The van der Waals surface area contributed by atoms with Crippen LogP contribution in [-0.4, -0.2) is 26.8 Å². The number of carbonyl (C=O) groups is 1. The Labute approximate surface area is 207 Å². The molecule has 0 fully saturated rings. The van der Waals surface area contributed by atoms with Crippen molar-refractivity contribution in [1.29, 1.82) is 0 Å². The van der Waals surface area contributed by atoms with Crippen molar-refractivity contribution in [2.24, 2.45) is 0 Å². The van der Waals surface area contributed by atoms with Gasteiger partial charge in [-0.2, -0.15) is 0 Å². The van der Waals surface area contributed by atoms with Crippen LogP contribution in [0.2, 0.25) is 0 Å². The van der Waals surface area contributed by atoms with Crippen molar-refractivity contribution in [3.63, 3.8) is 0 Å². The van der Waals surface area contributed by atoms with Crippen molar-refractivity contribution in [3.8, 4) is 16.9 Å². The predicted octanol–water partition coefficient (Wildman–Crippen LogP) is 3.06. The van der Waals surface area contributed by atoms with Crippen LogP contribution in [0.1, 0.15) is 21.6 Å². The lowest BCUT2D eigenvalue weighted by atomic mass is 10.0. The molecule has 2 heterocycles. The first kappa shape index (κ1) is 25.2. The van der Waals surface area contributed by atoms with Crippen LogP contribution in [0.25, 0.3) is 11.1 Å². The lowest BCUT2D eigenvalue weighted by Crippen LogP contribution is -2.38. The summed E-state index contributed by atoms with van der Waals surface area (Å²) in [6.07, 6.45) is -3.58. The quantitative estimate of drug-likeness (QED) is 0.350. The number of H-pyrrole nitrogens is 1. The van der Waals surface area contributed by atoms with E-state index in [1.165, 1.54) is 24.4 Å². The van der Waals surface area contributed by atoms with Crippen LogP contribution in [0.3, 0.4) is 0 Å². The van der Waals surface area contributed by atoms with Crippen LogP contribution >= 0.6 is 0 Å². The van der Waals surface area contributed by atoms with Gasteiger partial charge in [-0.25, -0.2) is 9.78 Å². The van der Waals surface area contributed by atoms with E-state index in [9.17, 15) is 27.6 Å². The Balaban J connectivity index is 1.54. The summed E-state index contributed by atoms with van der Waals surface area (Å²) < 4.78 is 44.2. The van der Waals surface area contributed by atoms with Gasteiger partial charge in [-0.15, -0.1) is 13.2 Å². The number of aromatic nitrogens is 3. The largest absolute Gasteiger partial charge is 0.573 e. The van der Waals surface area contributed by atoms with E-state index in [2.05, 4.69) is 20.0 Å². The second kappa shape index (κ2) is 10.4. The fourth-order valence-corrected chi connectivity index (χ4v) is 3.50. The molecule has 2 aromatic carbocycles. The molecule has 0 aliphatic heterocycles. The summed E-state index contributed by atoms with van der Waals surface area (Å²) in [5, 5.41) is 2.40. The molecule has 0 bridgehead atoms. The van der Waals surface area contributed by atoms with Crippen molar-refractivity contribution in [2.75, 3.05) is 5.73 Å². The average molecular weight is 511 g/mol. The molecule has 0 atom stereocenters. The Morgan fingerprint density at radius 1 is 1.03 bits per heavy atom. The molecule has 0 aliphatic carbocycles. The highest BCUT2D eigenvalue weighted by molar-refractivity contribution is 5.92. The number of carbonyl (C=O) groups excluding carboxylic acids is 1. The second-order valence-corrected chi connectivity index (χ2v) is 7.92. The predicted molar refractivity (Wildman–Crippen MR) is 129 cm³/mol. The van der Waals surface area contributed by atoms with Gasteiger partial charge in [0.1, 0.15) is 17.3 Å². The highest BCUT2D eigenvalue weighted by atomic mass is 19.4. The van der Waals surface area contributed by atoms with Crippen molar-refractivity contribution in [3.05, 3.63) is 111 Å². The molecular formula is C25H20F3N5O4. The molecule has 190 valence electrons. The lowest BCUT2D eigenvalue weighted by Gasteiger charge is -2.15. The minimum Gasteiger partial charge on any atom is -0.405 e. The molecule has 0 unspecified atom stereocenters. The molecule has 1 amide bonds. The zero-order chi connectivity index (χ0) is 26.6. The maximum Gasteiger partial charge on any atom is 0.573 e. The van der Waals surface area contributed by atoms with E-state index >= 15 is 0 Å². The molecule has 2 aromatic heterocycles. The van der Waals surface area contributed by atoms with Gasteiger partial charge in [0.2, 0.25) is 0 Å². The number of rotatable bonds is 7. The van der Waals surface area contributed by atoms with Gasteiger partial charge < -0.3 is 20.8 Å². The number of pyridine rings is 1. The number of amides is 1. The Morgan fingerprint density at radius 3 is 2.41 bits per heavy atom. The van der Waals surface area contributed by atoms with Crippen LogP contribution < -0.4 is 27.0 Å². The Kier molecular flexibility index (Phi) is 7.09. The third kappa shape index (κ3) is 6.42. The Morgan fingerprint density at radius 2 is 1.76 bits per heavy atom. The SMILES string of the molecule is Nc1ccc(-c2ccc(CNC(=O)c3cc(=O)n(Cc4ccccc4)c(=O)[nH]3)c(OC(F)(F)F)c2)cn1. The zero-order valence-electron chi connectivity index (χ0n) is 19.1. The number of nitrogens with zero attached hydrogens (tertiary/aromatic N) is 2. The summed E-state index contributed by atoms with van der Waals surface area (Å²) >= 11 is 0. The number of hydrogen-bond acceptors (Lipinski definition) is 6. The maximum absolute atomic E-state index is 13.0. The number of alkyl halides is 3. The molecule has 4 N–H and O–H groups in total. The van der Waals surface area contributed by atoms with Crippen molar-refractivity contribution in [2.45, 2.75) is 19.5 Å². The van der Waals surface area contributed by atoms with E-state index in [1.807, 2.05) is 0 Å². The smallest absolute Gasteiger partial charge is 0.405 e. The molecular weight excluding hydrogens is 491 g/mol. The van der Waals surface area contributed by atoms with E-state index in [1.54, 1.807) is 36.4 Å². The van der Waals surface area contributed by atoms with Crippen molar-refractivity contribution < 1.29 is 22.7 Å². The molecule has 4 aromatic rings. The molecule has 0 spiro atoms. The number of hydrogen-bond donors (Lipinski definition) is 3. The van der Waals surface area contributed by atoms with Gasteiger partial charge in [0, 0.05) is 29.9 Å². The standard InChI is InChI=1S/C25H20F3N5O4/c26-25(27,28)37-20-10-16(17-8-9-21(29)30-12-17)6-7-18(20)13-31-23(35)19-11-22(34)33(24(36)32-19)14-15-4-2-1-3-5-15/h1-12H,13-14H2,(H2,29,30)(H,31,35)(H,32,36). The van der Waals surface area contributed by atoms with Gasteiger partial charge in [0.05, 0.1) is 6.54 Å². The molecule has 12 heteroatoms. The van der Waals surface area contributed by atoms with Gasteiger partial charge in [-0.3, -0.25) is 14.2 Å². The van der Waals surface area contributed by atoms with Gasteiger partial charge in [-0.1, -0.05) is 42.5 Å². The second-order valence-electron chi connectivity index (χ2n) is 7.92. The first-order valence-corrected chi connectivity index (χ1v) is 10.9. The number of nitrogens with one attached hydrogen (secondary N) is 2. The maximum atomic E-state index is 13.0. The molecule has 0 radical (unpaired) electrons. The number of ether oxygens (including phenoxy) is 1. The van der Waals surface area contributed by atoms with Crippen molar-refractivity contribution >= 4 is 11.7 Å². The topological polar surface area (TPSA) is 132 Å². The molecule has 0 saturated carbocycles. The fraction of sp³-hybridized carbons (Fsp3) is 0.120. The zero-order valence-corrected chi connectivity index (χ0v) is 19.1. The molecule has 9 nitrogen and oxygen atoms in total. The number of anilines is 1. The van der Waals surface area contributed by atoms with Crippen LogP contribution in [0, 0.1) is 0 Å². The molecule has 37 heavy (non-hydrogen) atoms. The van der Waals surface area contributed by atoms with E-state index in [0.29, 0.717) is 16.7 Å². The third-order valence-corrected chi connectivity index (χ3v) is 5.30. The normalized spacial score (nSPS) is 11.2. The van der Waals surface area contributed by atoms with Crippen molar-refractivity contribution in [1.82, 2.24) is 19.9 Å². The first-order valence-electron chi connectivity index (χ1n) is 10.9. The van der Waals surface area contributed by atoms with E-state index in [4.69, 9.17) is 5.73 Å². The summed E-state index contributed by atoms with van der Waals surface area (Å²) in [6.45, 7) is -0.370. The van der Waals surface area contributed by atoms with Crippen LogP contribution in [0.15, 0.2) is 82.5 Å². The Bertz CT molecular complexity index is 1500. The van der Waals surface area contributed by atoms with Crippen LogP contribution in [0.5, 0.6) is 5.75 Å². The molecule has 0 saturated heterocycles. The van der Waals surface area contributed by atoms with E-state index in [-0.39, 0.29) is 30.2 Å². The number of aromatic amines is 1. The summed E-state index contributed by atoms with van der Waals surface area (Å²) in [4.78, 5) is 43.7. The number of benzene rings is 2. The van der Waals surface area contributed by atoms with Crippen LogP contribution in [0.4, 0.5) is 19.0 Å². The highest BCUT2D eigenvalue weighted by Gasteiger charge is 2.32. The molecule has 4 rings (SSSR count). The highest BCUT2D eigenvalue weighted by Crippen LogP contribution is 2.31. The summed E-state index contributed by atoms with van der Waals surface area (Å²) in [5.41, 5.74) is 5.32. The Hall–Kier alpha value is -4.87. The summed E-state index contributed by atoms with van der Waals surface area (Å²) in [5.74, 6) is -1.14. The minimum atomic E-state index is -4.98. The minimum absolute atomic E-state index is 0.00488. The molecule has 0 aliphatic rings. The fourth-order valence-electron chi connectivity index (χ4n) is 3.50.